The van der Waals surface area contributed by atoms with E-state index in [4.69, 9.17) is 10.00 Å². The second-order valence-corrected chi connectivity index (χ2v) is 4.40. The number of nitrogens with zero attached hydrogens (tertiary/aromatic N) is 1. The Balaban J connectivity index is 2.46. The fourth-order valence-electron chi connectivity index (χ4n) is 1.31. The highest BCUT2D eigenvalue weighted by molar-refractivity contribution is 5.48. The van der Waals surface area contributed by atoms with Crippen LogP contribution < -0.4 is 10.1 Å². The second-order valence-electron chi connectivity index (χ2n) is 4.40. The van der Waals surface area contributed by atoms with Gasteiger partial charge in [0.1, 0.15) is 5.75 Å². The zero-order valence-corrected chi connectivity index (χ0v) is 10.1. The molecule has 0 aliphatic carbocycles. The van der Waals surface area contributed by atoms with Gasteiger partial charge in [0.05, 0.1) is 18.6 Å². The molecule has 0 fully saturated rings. The fourth-order valence-corrected chi connectivity index (χ4v) is 1.31. The van der Waals surface area contributed by atoms with Crippen LogP contribution in [0.15, 0.2) is 24.3 Å². The smallest absolute Gasteiger partial charge is 0.120 e. The molecule has 0 amide bonds. The molecule has 0 radical (unpaired) electrons. The van der Waals surface area contributed by atoms with Crippen molar-refractivity contribution in [2.24, 2.45) is 5.41 Å². The van der Waals surface area contributed by atoms with E-state index in [1.165, 1.54) is 0 Å². The lowest BCUT2D eigenvalue weighted by Gasteiger charge is -2.15. The van der Waals surface area contributed by atoms with Crippen LogP contribution in [-0.2, 0) is 0 Å². The molecule has 0 bridgehead atoms. The van der Waals surface area contributed by atoms with E-state index < -0.39 is 0 Å². The molecule has 0 aliphatic rings. The van der Waals surface area contributed by atoms with E-state index in [0.717, 1.165) is 24.4 Å². The molecule has 1 aromatic carbocycles. The first-order chi connectivity index (χ1) is 7.57. The number of nitriles is 1. The topological polar surface area (TPSA) is 45.0 Å². The van der Waals surface area contributed by atoms with E-state index in [1.54, 1.807) is 7.11 Å². The van der Waals surface area contributed by atoms with Crippen LogP contribution in [0.2, 0.25) is 0 Å². The number of benzene rings is 1. The lowest BCUT2D eigenvalue weighted by molar-refractivity contribution is 0.415. The van der Waals surface area contributed by atoms with Crippen molar-refractivity contribution in [3.63, 3.8) is 0 Å². The minimum absolute atomic E-state index is 0.272. The molecule has 0 aromatic heterocycles. The van der Waals surface area contributed by atoms with Crippen LogP contribution >= 0.6 is 0 Å². The van der Waals surface area contributed by atoms with Crippen molar-refractivity contribution in [2.75, 3.05) is 19.0 Å². The molecule has 16 heavy (non-hydrogen) atoms. The number of nitrogens with one attached hydrogen (secondary N) is 1. The molecule has 0 heterocycles. The Hall–Kier alpha value is -1.69. The second kappa shape index (κ2) is 5.41. The quantitative estimate of drug-likeness (QED) is 0.826. The highest BCUT2D eigenvalue weighted by Crippen LogP contribution is 2.20. The van der Waals surface area contributed by atoms with Gasteiger partial charge in [-0.1, -0.05) is 6.07 Å². The molecule has 0 unspecified atom stereocenters. The third-order valence-electron chi connectivity index (χ3n) is 2.45. The number of methoxy groups -OCH3 is 1. The van der Waals surface area contributed by atoms with Gasteiger partial charge < -0.3 is 10.1 Å². The Morgan fingerprint density at radius 2 is 2.19 bits per heavy atom. The predicted molar refractivity (Wildman–Crippen MR) is 65.5 cm³/mol. The van der Waals surface area contributed by atoms with E-state index >= 15 is 0 Å². The number of hydrogen-bond acceptors (Lipinski definition) is 3. The molecule has 0 spiro atoms. The van der Waals surface area contributed by atoms with E-state index in [1.807, 2.05) is 38.1 Å². The number of hydrogen-bond donors (Lipinski definition) is 1. The third-order valence-corrected chi connectivity index (χ3v) is 2.45. The molecule has 86 valence electrons. The number of rotatable bonds is 5. The summed E-state index contributed by atoms with van der Waals surface area (Å²) in [4.78, 5) is 0. The van der Waals surface area contributed by atoms with Crippen molar-refractivity contribution >= 4 is 5.69 Å². The predicted octanol–water partition coefficient (Wildman–Crippen LogP) is 3.05. The molecular formula is C13H18N2O. The summed E-state index contributed by atoms with van der Waals surface area (Å²) in [5, 5.41) is 12.2. The summed E-state index contributed by atoms with van der Waals surface area (Å²) in [7, 11) is 1.65. The average Bonchev–Trinajstić information content (AvgIpc) is 2.29. The standard InChI is InChI=1S/C13H18N2O/c1-13(2,10-14)7-8-15-11-5-4-6-12(9-11)16-3/h4-6,9,15H,7-8H2,1-3H3. The lowest BCUT2D eigenvalue weighted by atomic mass is 9.91. The highest BCUT2D eigenvalue weighted by atomic mass is 16.5. The van der Waals surface area contributed by atoms with Crippen LogP contribution in [0.1, 0.15) is 20.3 Å². The molecule has 0 saturated heterocycles. The van der Waals surface area contributed by atoms with Crippen LogP contribution in [0.5, 0.6) is 5.75 Å². The van der Waals surface area contributed by atoms with Crippen LogP contribution in [0.25, 0.3) is 0 Å². The van der Waals surface area contributed by atoms with Crippen molar-refractivity contribution in [3.05, 3.63) is 24.3 Å². The van der Waals surface area contributed by atoms with Crippen LogP contribution in [0.4, 0.5) is 5.69 Å². The maximum absolute atomic E-state index is 8.88. The number of ether oxygens (including phenoxy) is 1. The molecule has 3 heteroatoms. The molecule has 1 aromatic rings. The Bertz CT molecular complexity index is 380. The summed E-state index contributed by atoms with van der Waals surface area (Å²) in [6, 6.07) is 10.1. The van der Waals surface area contributed by atoms with Gasteiger partial charge in [0, 0.05) is 18.3 Å². The Labute approximate surface area is 97.0 Å². The molecule has 3 nitrogen and oxygen atoms in total. The maximum atomic E-state index is 8.88. The monoisotopic (exact) mass is 218 g/mol. The Morgan fingerprint density at radius 3 is 2.81 bits per heavy atom. The summed E-state index contributed by atoms with van der Waals surface area (Å²) in [5.41, 5.74) is 0.749. The van der Waals surface area contributed by atoms with Gasteiger partial charge in [0.25, 0.3) is 0 Å². The first-order valence-electron chi connectivity index (χ1n) is 5.36. The van der Waals surface area contributed by atoms with Crippen LogP contribution in [-0.4, -0.2) is 13.7 Å². The van der Waals surface area contributed by atoms with Gasteiger partial charge in [0.2, 0.25) is 0 Å². The SMILES string of the molecule is COc1cccc(NCCC(C)(C)C#N)c1. The van der Waals surface area contributed by atoms with Crippen molar-refractivity contribution in [2.45, 2.75) is 20.3 Å². The summed E-state index contributed by atoms with van der Waals surface area (Å²) < 4.78 is 5.13. The average molecular weight is 218 g/mol. The third kappa shape index (κ3) is 3.82. The van der Waals surface area contributed by atoms with Gasteiger partial charge >= 0.3 is 0 Å². The summed E-state index contributed by atoms with van der Waals surface area (Å²) in [5.74, 6) is 0.838. The Kier molecular flexibility index (Phi) is 4.19. The largest absolute Gasteiger partial charge is 0.497 e. The van der Waals surface area contributed by atoms with Gasteiger partial charge in [0.15, 0.2) is 0 Å². The first kappa shape index (κ1) is 12.4. The zero-order chi connectivity index (χ0) is 12.0. The van der Waals surface area contributed by atoms with Crippen LogP contribution in [0, 0.1) is 16.7 Å². The van der Waals surface area contributed by atoms with E-state index in [2.05, 4.69) is 11.4 Å². The first-order valence-corrected chi connectivity index (χ1v) is 5.36. The maximum Gasteiger partial charge on any atom is 0.120 e. The number of anilines is 1. The molecule has 0 aliphatic heterocycles. The van der Waals surface area contributed by atoms with Crippen LogP contribution in [0.3, 0.4) is 0 Å². The minimum atomic E-state index is -0.272. The summed E-state index contributed by atoms with van der Waals surface area (Å²) >= 11 is 0. The normalized spacial score (nSPS) is 10.6. The molecule has 1 rings (SSSR count). The summed E-state index contributed by atoms with van der Waals surface area (Å²) in [6.45, 7) is 4.67. The van der Waals surface area contributed by atoms with Gasteiger partial charge in [-0.05, 0) is 32.4 Å². The zero-order valence-electron chi connectivity index (χ0n) is 10.1. The minimum Gasteiger partial charge on any atom is -0.497 e. The Morgan fingerprint density at radius 1 is 1.44 bits per heavy atom. The van der Waals surface area contributed by atoms with Gasteiger partial charge in [-0.25, -0.2) is 0 Å². The summed E-state index contributed by atoms with van der Waals surface area (Å²) in [6.07, 6.45) is 0.820. The lowest BCUT2D eigenvalue weighted by Crippen LogP contribution is -2.14. The van der Waals surface area contributed by atoms with E-state index in [9.17, 15) is 0 Å². The van der Waals surface area contributed by atoms with E-state index in [-0.39, 0.29) is 5.41 Å². The fraction of sp³-hybridized carbons (Fsp3) is 0.462. The van der Waals surface area contributed by atoms with Gasteiger partial charge in [-0.3, -0.25) is 0 Å². The van der Waals surface area contributed by atoms with Crippen molar-refractivity contribution in [1.29, 1.82) is 5.26 Å². The van der Waals surface area contributed by atoms with Crippen molar-refractivity contribution in [1.82, 2.24) is 0 Å². The highest BCUT2D eigenvalue weighted by Gasteiger charge is 2.15. The van der Waals surface area contributed by atoms with Crippen molar-refractivity contribution in [3.8, 4) is 11.8 Å². The molecule has 1 N–H and O–H groups in total. The molecule has 0 atom stereocenters. The van der Waals surface area contributed by atoms with Crippen molar-refractivity contribution < 1.29 is 4.74 Å². The molecular weight excluding hydrogens is 200 g/mol. The van der Waals surface area contributed by atoms with Gasteiger partial charge in [-0.15, -0.1) is 0 Å². The molecule has 0 saturated carbocycles. The van der Waals surface area contributed by atoms with Gasteiger partial charge in [-0.2, -0.15) is 5.26 Å². The van der Waals surface area contributed by atoms with E-state index in [0.29, 0.717) is 0 Å².